The van der Waals surface area contributed by atoms with E-state index in [9.17, 15) is 4.79 Å². The third kappa shape index (κ3) is 6.82. The quantitative estimate of drug-likeness (QED) is 0.555. The number of aromatic nitrogens is 3. The van der Waals surface area contributed by atoms with Crippen molar-refractivity contribution in [2.75, 3.05) is 26.7 Å². The van der Waals surface area contributed by atoms with Gasteiger partial charge < -0.3 is 24.8 Å². The third-order valence-corrected chi connectivity index (χ3v) is 4.32. The summed E-state index contributed by atoms with van der Waals surface area (Å²) in [6.45, 7) is 9.87. The summed E-state index contributed by atoms with van der Waals surface area (Å²) >= 11 is 0. The van der Waals surface area contributed by atoms with E-state index in [4.69, 9.17) is 4.74 Å². The summed E-state index contributed by atoms with van der Waals surface area (Å²) in [5.74, 6) is 2.21. The van der Waals surface area contributed by atoms with Crippen LogP contribution in [0.3, 0.4) is 0 Å². The summed E-state index contributed by atoms with van der Waals surface area (Å²) < 4.78 is 7.58. The summed E-state index contributed by atoms with van der Waals surface area (Å²) in [5.41, 5.74) is -0.267. The minimum absolute atomic E-state index is 0.0499. The second-order valence-corrected chi connectivity index (χ2v) is 8.03. The first-order chi connectivity index (χ1) is 12.7. The van der Waals surface area contributed by atoms with E-state index in [1.165, 1.54) is 0 Å². The Balaban J connectivity index is 2.03. The lowest BCUT2D eigenvalue weighted by atomic mass is 10.1. The third-order valence-electron chi connectivity index (χ3n) is 4.32. The zero-order valence-corrected chi connectivity index (χ0v) is 17.4. The fourth-order valence-electron chi connectivity index (χ4n) is 2.80. The minimum atomic E-state index is -0.267. The summed E-state index contributed by atoms with van der Waals surface area (Å²) in [5, 5.41) is 14.5. The van der Waals surface area contributed by atoms with Crippen molar-refractivity contribution in [1.29, 1.82) is 0 Å². The normalized spacial score (nSPS) is 17.9. The van der Waals surface area contributed by atoms with Crippen LogP contribution in [-0.2, 0) is 23.1 Å². The lowest BCUT2D eigenvalue weighted by Gasteiger charge is -2.26. The molecule has 0 aromatic carbocycles. The topological polar surface area (TPSA) is 96.7 Å². The lowest BCUT2D eigenvalue weighted by molar-refractivity contribution is -0.122. The van der Waals surface area contributed by atoms with Gasteiger partial charge in [-0.1, -0.05) is 0 Å². The number of guanidine groups is 1. The Morgan fingerprint density at radius 2 is 2.15 bits per heavy atom. The van der Waals surface area contributed by atoms with Crippen LogP contribution in [0.2, 0.25) is 0 Å². The van der Waals surface area contributed by atoms with Crippen LogP contribution in [0.4, 0.5) is 0 Å². The molecule has 0 spiro atoms. The molecule has 2 heterocycles. The maximum absolute atomic E-state index is 12.3. The Kier molecular flexibility index (Phi) is 7.18. The molecule has 9 nitrogen and oxygen atoms in total. The van der Waals surface area contributed by atoms with E-state index in [0.29, 0.717) is 19.0 Å². The molecule has 27 heavy (non-hydrogen) atoms. The fourth-order valence-corrected chi connectivity index (χ4v) is 2.80. The Hall–Kier alpha value is -2.16. The van der Waals surface area contributed by atoms with Gasteiger partial charge in [0, 0.05) is 32.8 Å². The van der Waals surface area contributed by atoms with E-state index >= 15 is 0 Å². The van der Waals surface area contributed by atoms with E-state index in [-0.39, 0.29) is 24.1 Å². The molecule has 1 amide bonds. The molecule has 2 rings (SSSR count). The van der Waals surface area contributed by atoms with Gasteiger partial charge in [-0.2, -0.15) is 0 Å². The monoisotopic (exact) mass is 379 g/mol. The second-order valence-electron chi connectivity index (χ2n) is 8.03. The van der Waals surface area contributed by atoms with E-state index < -0.39 is 0 Å². The number of hydrogen-bond donors (Lipinski definition) is 2. The summed E-state index contributed by atoms with van der Waals surface area (Å²) in [4.78, 5) is 18.7. The molecule has 0 saturated carbocycles. The first kappa shape index (κ1) is 21.1. The number of aryl methyl sites for hydroxylation is 1. The van der Waals surface area contributed by atoms with Gasteiger partial charge in [0.15, 0.2) is 11.8 Å². The molecule has 2 N–H and O–H groups in total. The fraction of sp³-hybridized carbons (Fsp3) is 0.778. The van der Waals surface area contributed by atoms with Crippen molar-refractivity contribution >= 4 is 11.9 Å². The smallest absolute Gasteiger partial charge is 0.240 e. The number of likely N-dealkylation sites (N-methyl/N-ethyl adjacent to an activating group) is 1. The van der Waals surface area contributed by atoms with E-state index in [1.54, 1.807) is 0 Å². The van der Waals surface area contributed by atoms with Crippen LogP contribution in [0.25, 0.3) is 0 Å². The van der Waals surface area contributed by atoms with Crippen molar-refractivity contribution in [3.05, 3.63) is 11.6 Å². The van der Waals surface area contributed by atoms with Crippen LogP contribution in [0.15, 0.2) is 4.99 Å². The molecule has 1 aromatic heterocycles. The maximum Gasteiger partial charge on any atom is 0.240 e. The average Bonchev–Trinajstić information content (AvgIpc) is 3.17. The van der Waals surface area contributed by atoms with E-state index in [1.807, 2.05) is 51.3 Å². The number of carbonyl (C=O) groups excluding carboxylic acids is 1. The molecule has 1 aromatic rings. The lowest BCUT2D eigenvalue weighted by Crippen LogP contribution is -2.49. The highest BCUT2D eigenvalue weighted by atomic mass is 16.5. The van der Waals surface area contributed by atoms with Crippen molar-refractivity contribution < 1.29 is 9.53 Å². The van der Waals surface area contributed by atoms with Gasteiger partial charge in [0.2, 0.25) is 5.91 Å². The molecule has 1 saturated heterocycles. The second kappa shape index (κ2) is 9.16. The molecule has 1 unspecified atom stereocenters. The van der Waals surface area contributed by atoms with Crippen molar-refractivity contribution in [1.82, 2.24) is 30.3 Å². The first-order valence-electron chi connectivity index (χ1n) is 9.42. The van der Waals surface area contributed by atoms with Gasteiger partial charge in [0.05, 0.1) is 12.6 Å². The van der Waals surface area contributed by atoms with Gasteiger partial charge in [-0.25, -0.2) is 4.99 Å². The number of aliphatic imine (C=N–C) groups is 1. The van der Waals surface area contributed by atoms with Crippen molar-refractivity contribution in [3.8, 4) is 0 Å². The van der Waals surface area contributed by atoms with Crippen LogP contribution in [-0.4, -0.2) is 69.9 Å². The largest absolute Gasteiger partial charge is 0.376 e. The molecule has 9 heteroatoms. The standard InChI is InChI=1S/C18H33N7O2/c1-13-22-23-15(25(13)6)11-20-17(19-10-14-8-7-9-27-14)24(5)12-16(26)21-18(2,3)4/h14H,7-12H2,1-6H3,(H,19,20)(H,21,26). The van der Waals surface area contributed by atoms with Gasteiger partial charge in [-0.05, 0) is 40.5 Å². The van der Waals surface area contributed by atoms with Crippen molar-refractivity contribution in [2.24, 2.45) is 12.0 Å². The molecule has 1 fully saturated rings. The number of amides is 1. The highest BCUT2D eigenvalue weighted by Gasteiger charge is 2.20. The Bertz CT molecular complexity index is 657. The Labute approximate surface area is 161 Å². The summed E-state index contributed by atoms with van der Waals surface area (Å²) in [6, 6.07) is 0. The molecule has 1 aliphatic rings. The number of carbonyl (C=O) groups is 1. The molecule has 0 radical (unpaired) electrons. The van der Waals surface area contributed by atoms with Crippen molar-refractivity contribution in [3.63, 3.8) is 0 Å². The molecular weight excluding hydrogens is 346 g/mol. The van der Waals surface area contributed by atoms with Gasteiger partial charge >= 0.3 is 0 Å². The zero-order chi connectivity index (χ0) is 20.0. The SMILES string of the molecule is Cc1nnc(CN=C(NCC2CCCO2)N(C)CC(=O)NC(C)(C)C)n1C. The molecule has 152 valence electrons. The van der Waals surface area contributed by atoms with Crippen LogP contribution >= 0.6 is 0 Å². The minimum Gasteiger partial charge on any atom is -0.376 e. The summed E-state index contributed by atoms with van der Waals surface area (Å²) in [6.07, 6.45) is 2.31. The first-order valence-corrected chi connectivity index (χ1v) is 9.42. The Morgan fingerprint density at radius 3 is 2.70 bits per heavy atom. The summed E-state index contributed by atoms with van der Waals surface area (Å²) in [7, 11) is 3.77. The molecule has 1 aliphatic heterocycles. The molecule has 1 atom stereocenters. The number of nitrogens with one attached hydrogen (secondary N) is 2. The van der Waals surface area contributed by atoms with Crippen LogP contribution in [0.5, 0.6) is 0 Å². The van der Waals surface area contributed by atoms with Crippen LogP contribution < -0.4 is 10.6 Å². The van der Waals surface area contributed by atoms with Gasteiger partial charge in [0.1, 0.15) is 12.4 Å². The molecular formula is C18H33N7O2. The van der Waals surface area contributed by atoms with Gasteiger partial charge in [-0.3, -0.25) is 4.79 Å². The number of hydrogen-bond acceptors (Lipinski definition) is 5. The predicted octanol–water partition coefficient (Wildman–Crippen LogP) is 0.595. The van der Waals surface area contributed by atoms with Gasteiger partial charge in [0.25, 0.3) is 0 Å². The maximum atomic E-state index is 12.3. The van der Waals surface area contributed by atoms with Crippen molar-refractivity contribution in [2.45, 2.75) is 58.7 Å². The van der Waals surface area contributed by atoms with E-state index in [2.05, 4.69) is 25.8 Å². The molecule has 0 bridgehead atoms. The van der Waals surface area contributed by atoms with Crippen LogP contribution in [0.1, 0.15) is 45.3 Å². The van der Waals surface area contributed by atoms with Crippen LogP contribution in [0, 0.1) is 6.92 Å². The number of nitrogens with zero attached hydrogens (tertiary/aromatic N) is 5. The zero-order valence-electron chi connectivity index (χ0n) is 17.4. The molecule has 0 aliphatic carbocycles. The van der Waals surface area contributed by atoms with Gasteiger partial charge in [-0.15, -0.1) is 10.2 Å². The highest BCUT2D eigenvalue weighted by Crippen LogP contribution is 2.10. The van der Waals surface area contributed by atoms with E-state index in [0.717, 1.165) is 31.1 Å². The predicted molar refractivity (Wildman–Crippen MR) is 104 cm³/mol. The number of ether oxygens (including phenoxy) is 1. The Morgan fingerprint density at radius 1 is 1.41 bits per heavy atom. The average molecular weight is 380 g/mol. The highest BCUT2D eigenvalue weighted by molar-refractivity contribution is 5.86. The number of rotatable bonds is 6.